The fraction of sp³-hybridized carbons (Fsp3) is 0.368. The normalized spacial score (nSPS) is 17.4. The van der Waals surface area contributed by atoms with Crippen LogP contribution in [-0.4, -0.2) is 48.5 Å². The van der Waals surface area contributed by atoms with Crippen LogP contribution in [0.5, 0.6) is 0 Å². The smallest absolute Gasteiger partial charge is 0.368 e. The highest BCUT2D eigenvalue weighted by atomic mass is 35.5. The highest BCUT2D eigenvalue weighted by molar-refractivity contribution is 8.01. The van der Waals surface area contributed by atoms with Gasteiger partial charge in [-0.05, 0) is 24.3 Å². The van der Waals surface area contributed by atoms with Gasteiger partial charge in [-0.1, -0.05) is 11.6 Å². The minimum absolute atomic E-state index is 0.0714. The van der Waals surface area contributed by atoms with Crippen LogP contribution < -0.4 is 4.90 Å². The molecule has 1 aromatic carbocycles. The lowest BCUT2D eigenvalue weighted by Crippen LogP contribution is -2.48. The molecule has 4 nitrogen and oxygen atoms in total. The van der Waals surface area contributed by atoms with Gasteiger partial charge >= 0.3 is 6.18 Å². The molecule has 1 saturated heterocycles. The SMILES string of the molecule is O=C1CCSc2sc(C(=O)N3CCN(c4ccc(Cl)c(C(F)(F)F)c4)CC3)cc21. The number of thioether (sulfide) groups is 1. The molecule has 0 unspecified atom stereocenters. The summed E-state index contributed by atoms with van der Waals surface area (Å²) in [5.74, 6) is 0.672. The number of thiophene rings is 1. The van der Waals surface area contributed by atoms with Gasteiger partial charge in [0, 0.05) is 49.6 Å². The van der Waals surface area contributed by atoms with E-state index in [0.29, 0.717) is 48.7 Å². The Labute approximate surface area is 178 Å². The number of ketones is 1. The Morgan fingerprint density at radius 2 is 1.83 bits per heavy atom. The van der Waals surface area contributed by atoms with Crippen molar-refractivity contribution in [1.29, 1.82) is 0 Å². The van der Waals surface area contributed by atoms with Crippen molar-refractivity contribution < 1.29 is 22.8 Å². The Hall–Kier alpha value is -1.71. The minimum atomic E-state index is -4.52. The molecule has 154 valence electrons. The highest BCUT2D eigenvalue weighted by Gasteiger charge is 2.34. The summed E-state index contributed by atoms with van der Waals surface area (Å²) in [5, 5.41) is -0.329. The lowest BCUT2D eigenvalue weighted by Gasteiger charge is -2.36. The molecule has 0 N–H and O–H groups in total. The third-order valence-electron chi connectivity index (χ3n) is 4.96. The first-order valence-corrected chi connectivity index (χ1v) is 11.1. The molecule has 0 atom stereocenters. The van der Waals surface area contributed by atoms with Crippen molar-refractivity contribution in [3.05, 3.63) is 45.3 Å². The molecular formula is C19H16ClF3N2O2S2. The van der Waals surface area contributed by atoms with Crippen LogP contribution in [0.2, 0.25) is 5.02 Å². The van der Waals surface area contributed by atoms with Gasteiger partial charge < -0.3 is 9.80 Å². The third kappa shape index (κ3) is 4.13. The maximum Gasteiger partial charge on any atom is 0.417 e. The summed E-state index contributed by atoms with van der Waals surface area (Å²) < 4.78 is 40.2. The molecule has 2 aliphatic heterocycles. The number of anilines is 1. The predicted octanol–water partition coefficient (Wildman–Crippen LogP) is 5.06. The van der Waals surface area contributed by atoms with E-state index in [1.165, 1.54) is 17.4 Å². The molecular weight excluding hydrogens is 445 g/mol. The largest absolute Gasteiger partial charge is 0.417 e. The van der Waals surface area contributed by atoms with Gasteiger partial charge in [0.1, 0.15) is 0 Å². The van der Waals surface area contributed by atoms with Crippen LogP contribution in [0.4, 0.5) is 18.9 Å². The topological polar surface area (TPSA) is 40.6 Å². The van der Waals surface area contributed by atoms with Gasteiger partial charge in [0.25, 0.3) is 5.91 Å². The van der Waals surface area contributed by atoms with Crippen molar-refractivity contribution in [3.8, 4) is 0 Å². The number of benzene rings is 1. The summed E-state index contributed by atoms with van der Waals surface area (Å²) in [7, 11) is 0. The summed E-state index contributed by atoms with van der Waals surface area (Å²) in [6, 6.07) is 5.54. The number of halogens is 4. The Balaban J connectivity index is 1.45. The van der Waals surface area contributed by atoms with Crippen molar-refractivity contribution in [2.45, 2.75) is 16.8 Å². The van der Waals surface area contributed by atoms with Crippen LogP contribution in [-0.2, 0) is 6.18 Å². The van der Waals surface area contributed by atoms with Crippen LogP contribution >= 0.6 is 34.7 Å². The molecule has 0 aliphatic carbocycles. The van der Waals surface area contributed by atoms with Crippen molar-refractivity contribution in [2.24, 2.45) is 0 Å². The molecule has 10 heteroatoms. The van der Waals surface area contributed by atoms with Gasteiger partial charge in [-0.25, -0.2) is 0 Å². The Morgan fingerprint density at radius 3 is 2.48 bits per heavy atom. The van der Waals surface area contributed by atoms with Crippen LogP contribution in [0.15, 0.2) is 28.5 Å². The van der Waals surface area contributed by atoms with Crippen molar-refractivity contribution in [2.75, 3.05) is 36.8 Å². The molecule has 2 aromatic rings. The molecule has 1 amide bonds. The van der Waals surface area contributed by atoms with E-state index in [4.69, 9.17) is 11.6 Å². The third-order valence-corrected chi connectivity index (χ3v) is 7.70. The molecule has 1 fully saturated rings. The van der Waals surface area contributed by atoms with Crippen molar-refractivity contribution in [3.63, 3.8) is 0 Å². The molecule has 2 aliphatic rings. The summed E-state index contributed by atoms with van der Waals surface area (Å²) in [6.45, 7) is 1.63. The summed E-state index contributed by atoms with van der Waals surface area (Å²) in [6.07, 6.45) is -4.03. The van der Waals surface area contributed by atoms with Gasteiger partial charge in [-0.2, -0.15) is 13.2 Å². The van der Waals surface area contributed by atoms with Crippen molar-refractivity contribution in [1.82, 2.24) is 4.90 Å². The number of amides is 1. The second-order valence-electron chi connectivity index (χ2n) is 6.77. The summed E-state index contributed by atoms with van der Waals surface area (Å²) >= 11 is 8.63. The van der Waals surface area contributed by atoms with Crippen LogP contribution in [0, 0.1) is 0 Å². The van der Waals surface area contributed by atoms with Crippen LogP contribution in [0.1, 0.15) is 32.0 Å². The number of fused-ring (bicyclic) bond motifs is 1. The van der Waals surface area contributed by atoms with E-state index in [-0.39, 0.29) is 16.7 Å². The lowest BCUT2D eigenvalue weighted by molar-refractivity contribution is -0.137. The number of carbonyl (C=O) groups excluding carboxylic acids is 2. The van der Waals surface area contributed by atoms with Gasteiger partial charge in [-0.3, -0.25) is 9.59 Å². The average molecular weight is 461 g/mol. The second-order valence-corrected chi connectivity index (χ2v) is 9.60. The van der Waals surface area contributed by atoms with E-state index in [9.17, 15) is 22.8 Å². The second kappa shape index (κ2) is 7.85. The zero-order chi connectivity index (χ0) is 20.8. The first kappa shape index (κ1) is 20.6. The van der Waals surface area contributed by atoms with Gasteiger partial charge in [-0.15, -0.1) is 23.1 Å². The van der Waals surface area contributed by atoms with Gasteiger partial charge in [0.05, 0.1) is 19.7 Å². The monoisotopic (exact) mass is 460 g/mol. The molecule has 0 bridgehead atoms. The minimum Gasteiger partial charge on any atom is -0.368 e. The number of hydrogen-bond donors (Lipinski definition) is 0. The zero-order valence-electron chi connectivity index (χ0n) is 15.1. The highest BCUT2D eigenvalue weighted by Crippen LogP contribution is 2.38. The average Bonchev–Trinajstić information content (AvgIpc) is 3.13. The van der Waals surface area contributed by atoms with Gasteiger partial charge in [0.15, 0.2) is 5.78 Å². The van der Waals surface area contributed by atoms with Crippen LogP contribution in [0.3, 0.4) is 0 Å². The van der Waals surface area contributed by atoms with E-state index < -0.39 is 11.7 Å². The lowest BCUT2D eigenvalue weighted by atomic mass is 10.1. The number of carbonyl (C=O) groups is 2. The predicted molar refractivity (Wildman–Crippen MR) is 109 cm³/mol. The Morgan fingerprint density at radius 1 is 1.10 bits per heavy atom. The molecule has 3 heterocycles. The Kier molecular flexibility index (Phi) is 5.56. The summed E-state index contributed by atoms with van der Waals surface area (Å²) in [4.78, 5) is 28.9. The standard InChI is InChI=1S/C19H16ClF3N2O2S2/c20-14-2-1-11(9-13(14)19(21,22)23)24-4-6-25(7-5-24)17(27)16-10-12-15(26)3-8-28-18(12)29-16/h1-2,9-10H,3-8H2. The number of nitrogens with zero attached hydrogens (tertiary/aromatic N) is 2. The number of hydrogen-bond acceptors (Lipinski definition) is 5. The number of rotatable bonds is 2. The van der Waals surface area contributed by atoms with Gasteiger partial charge in [0.2, 0.25) is 0 Å². The molecule has 0 saturated carbocycles. The van der Waals surface area contributed by atoms with E-state index in [1.807, 2.05) is 4.90 Å². The summed E-state index contributed by atoms with van der Waals surface area (Å²) in [5.41, 5.74) is 0.206. The number of alkyl halides is 3. The maximum absolute atomic E-state index is 13.1. The molecule has 1 aromatic heterocycles. The van der Waals surface area contributed by atoms with E-state index in [2.05, 4.69) is 0 Å². The fourth-order valence-corrected chi connectivity index (χ4v) is 6.06. The molecule has 0 spiro atoms. The first-order chi connectivity index (χ1) is 13.7. The number of piperazine rings is 1. The van der Waals surface area contributed by atoms with E-state index in [0.717, 1.165) is 16.0 Å². The van der Waals surface area contributed by atoms with Crippen LogP contribution in [0.25, 0.3) is 0 Å². The molecule has 0 radical (unpaired) electrons. The zero-order valence-corrected chi connectivity index (χ0v) is 17.5. The van der Waals surface area contributed by atoms with E-state index >= 15 is 0 Å². The van der Waals surface area contributed by atoms with Crippen molar-refractivity contribution >= 4 is 52.1 Å². The Bertz CT molecular complexity index is 969. The quantitative estimate of drug-likeness (QED) is 0.628. The molecule has 4 rings (SSSR count). The molecule has 29 heavy (non-hydrogen) atoms. The first-order valence-electron chi connectivity index (χ1n) is 8.95. The number of Topliss-reactive ketones (excluding diaryl/α,β-unsaturated/α-hetero) is 1. The fourth-order valence-electron chi connectivity index (χ4n) is 3.40. The maximum atomic E-state index is 13.1. The van der Waals surface area contributed by atoms with E-state index in [1.54, 1.807) is 28.8 Å².